The molecular weight excluding hydrogens is 248 g/mol. The summed E-state index contributed by atoms with van der Waals surface area (Å²) in [5.41, 5.74) is 8.36. The van der Waals surface area contributed by atoms with Gasteiger partial charge in [0.1, 0.15) is 5.69 Å². The lowest BCUT2D eigenvalue weighted by Gasteiger charge is -2.09. The van der Waals surface area contributed by atoms with Crippen LogP contribution in [0.2, 0.25) is 0 Å². The maximum absolute atomic E-state index is 11.6. The first-order valence-electron chi connectivity index (χ1n) is 6.68. The van der Waals surface area contributed by atoms with Gasteiger partial charge < -0.3 is 10.3 Å². The largest absolute Gasteiger partial charge is 0.364 e. The second kappa shape index (κ2) is 5.21. The van der Waals surface area contributed by atoms with E-state index in [1.807, 2.05) is 53.1 Å². The third-order valence-electron chi connectivity index (χ3n) is 3.53. The van der Waals surface area contributed by atoms with E-state index in [1.165, 1.54) is 5.56 Å². The predicted octanol–water partition coefficient (Wildman–Crippen LogP) is 2.98. The lowest BCUT2D eigenvalue weighted by atomic mass is 10.1. The van der Waals surface area contributed by atoms with Gasteiger partial charge in [0.15, 0.2) is 0 Å². The Balaban J connectivity index is 1.97. The van der Waals surface area contributed by atoms with E-state index in [4.69, 9.17) is 5.73 Å². The molecule has 0 atom stereocenters. The lowest BCUT2D eigenvalue weighted by Crippen LogP contribution is -2.17. The molecule has 3 heteroatoms. The number of amides is 1. The highest BCUT2D eigenvalue weighted by Gasteiger charge is 2.12. The number of para-hydroxylation sites is 1. The SMILES string of the molecule is NC(=O)c1cc2ccccc2n1CCc1ccccc1. The second-order valence-electron chi connectivity index (χ2n) is 4.84. The van der Waals surface area contributed by atoms with Gasteiger partial charge in [-0.05, 0) is 24.1 Å². The Morgan fingerprint density at radius 2 is 1.70 bits per heavy atom. The molecule has 0 radical (unpaired) electrons. The fraction of sp³-hybridized carbons (Fsp3) is 0.118. The van der Waals surface area contributed by atoms with Gasteiger partial charge in [0.25, 0.3) is 5.91 Å². The number of nitrogens with two attached hydrogens (primary N) is 1. The van der Waals surface area contributed by atoms with Crippen molar-refractivity contribution in [3.63, 3.8) is 0 Å². The molecule has 1 aromatic heterocycles. The molecule has 2 N–H and O–H groups in total. The summed E-state index contributed by atoms with van der Waals surface area (Å²) in [6.45, 7) is 0.746. The zero-order chi connectivity index (χ0) is 13.9. The number of benzene rings is 2. The molecule has 3 aromatic rings. The standard InChI is InChI=1S/C17H16N2O/c18-17(20)16-12-14-8-4-5-9-15(14)19(16)11-10-13-6-2-1-3-7-13/h1-9,12H,10-11H2,(H2,18,20). The molecule has 3 rings (SSSR count). The number of nitrogens with zero attached hydrogens (tertiary/aromatic N) is 1. The minimum Gasteiger partial charge on any atom is -0.364 e. The Bertz CT molecular complexity index is 744. The zero-order valence-electron chi connectivity index (χ0n) is 11.1. The van der Waals surface area contributed by atoms with Crippen molar-refractivity contribution < 1.29 is 4.79 Å². The third-order valence-corrected chi connectivity index (χ3v) is 3.53. The number of aromatic nitrogens is 1. The molecule has 0 saturated heterocycles. The first-order valence-corrected chi connectivity index (χ1v) is 6.68. The molecule has 100 valence electrons. The summed E-state index contributed by atoms with van der Waals surface area (Å²) in [6.07, 6.45) is 0.875. The molecular formula is C17H16N2O. The van der Waals surface area contributed by atoms with Gasteiger partial charge in [-0.3, -0.25) is 4.79 Å². The van der Waals surface area contributed by atoms with Crippen LogP contribution in [0.4, 0.5) is 0 Å². The molecule has 0 aliphatic rings. The Morgan fingerprint density at radius 3 is 2.45 bits per heavy atom. The van der Waals surface area contributed by atoms with Crippen LogP contribution in [0.15, 0.2) is 60.7 Å². The van der Waals surface area contributed by atoms with E-state index in [0.717, 1.165) is 23.9 Å². The van der Waals surface area contributed by atoms with Crippen molar-refractivity contribution in [2.45, 2.75) is 13.0 Å². The fourth-order valence-corrected chi connectivity index (χ4v) is 2.54. The molecule has 0 unspecified atom stereocenters. The molecule has 0 aliphatic heterocycles. The van der Waals surface area contributed by atoms with Gasteiger partial charge >= 0.3 is 0 Å². The number of carbonyl (C=O) groups is 1. The van der Waals surface area contributed by atoms with Gasteiger partial charge in [-0.1, -0.05) is 48.5 Å². The Morgan fingerprint density at radius 1 is 1.00 bits per heavy atom. The normalized spacial score (nSPS) is 10.8. The molecule has 0 spiro atoms. The highest BCUT2D eigenvalue weighted by Crippen LogP contribution is 2.20. The summed E-state index contributed by atoms with van der Waals surface area (Å²) in [4.78, 5) is 11.6. The van der Waals surface area contributed by atoms with Crippen molar-refractivity contribution >= 4 is 16.8 Å². The second-order valence-corrected chi connectivity index (χ2v) is 4.84. The first-order chi connectivity index (χ1) is 9.75. The van der Waals surface area contributed by atoms with Crippen molar-refractivity contribution in [1.82, 2.24) is 4.57 Å². The van der Waals surface area contributed by atoms with Crippen LogP contribution >= 0.6 is 0 Å². The van der Waals surface area contributed by atoms with Crippen LogP contribution in [-0.2, 0) is 13.0 Å². The third kappa shape index (κ3) is 2.30. The molecule has 0 fully saturated rings. The summed E-state index contributed by atoms with van der Waals surface area (Å²) < 4.78 is 2.00. The molecule has 3 nitrogen and oxygen atoms in total. The molecule has 0 saturated carbocycles. The molecule has 1 amide bonds. The van der Waals surface area contributed by atoms with Crippen LogP contribution in [-0.4, -0.2) is 10.5 Å². The Kier molecular flexibility index (Phi) is 3.25. The average molecular weight is 264 g/mol. The fourth-order valence-electron chi connectivity index (χ4n) is 2.54. The highest BCUT2D eigenvalue weighted by atomic mass is 16.1. The summed E-state index contributed by atoms with van der Waals surface area (Å²) in [5, 5.41) is 1.05. The minimum atomic E-state index is -0.380. The van der Waals surface area contributed by atoms with Crippen LogP contribution in [0.1, 0.15) is 16.1 Å². The molecule has 2 aromatic carbocycles. The van der Waals surface area contributed by atoms with Crippen LogP contribution < -0.4 is 5.73 Å². The summed E-state index contributed by atoms with van der Waals surface area (Å²) in [6, 6.07) is 20.1. The summed E-state index contributed by atoms with van der Waals surface area (Å²) in [7, 11) is 0. The maximum Gasteiger partial charge on any atom is 0.265 e. The predicted molar refractivity (Wildman–Crippen MR) is 80.6 cm³/mol. The van der Waals surface area contributed by atoms with Gasteiger partial charge in [-0.25, -0.2) is 0 Å². The van der Waals surface area contributed by atoms with Crippen LogP contribution in [0.25, 0.3) is 10.9 Å². The van der Waals surface area contributed by atoms with E-state index >= 15 is 0 Å². The smallest absolute Gasteiger partial charge is 0.265 e. The van der Waals surface area contributed by atoms with Crippen LogP contribution in [0.5, 0.6) is 0 Å². The number of fused-ring (bicyclic) bond motifs is 1. The Hall–Kier alpha value is -2.55. The average Bonchev–Trinajstić information content (AvgIpc) is 2.85. The van der Waals surface area contributed by atoms with Crippen molar-refractivity contribution in [3.05, 3.63) is 71.9 Å². The quantitative estimate of drug-likeness (QED) is 0.773. The molecule has 1 heterocycles. The van der Waals surface area contributed by atoms with E-state index in [0.29, 0.717) is 5.69 Å². The molecule has 0 bridgehead atoms. The maximum atomic E-state index is 11.6. The van der Waals surface area contributed by atoms with Gasteiger partial charge in [0, 0.05) is 17.4 Å². The number of hydrogen-bond acceptors (Lipinski definition) is 1. The topological polar surface area (TPSA) is 48.0 Å². The summed E-state index contributed by atoms with van der Waals surface area (Å²) in [5.74, 6) is -0.380. The van der Waals surface area contributed by atoms with E-state index < -0.39 is 0 Å². The number of hydrogen-bond donors (Lipinski definition) is 1. The number of carbonyl (C=O) groups excluding carboxylic acids is 1. The van der Waals surface area contributed by atoms with Crippen molar-refractivity contribution in [2.75, 3.05) is 0 Å². The molecule has 0 aliphatic carbocycles. The number of primary amides is 1. The van der Waals surface area contributed by atoms with Gasteiger partial charge in [0.2, 0.25) is 0 Å². The van der Waals surface area contributed by atoms with Crippen molar-refractivity contribution in [1.29, 1.82) is 0 Å². The first kappa shape index (κ1) is 12.5. The van der Waals surface area contributed by atoms with E-state index in [2.05, 4.69) is 12.1 Å². The van der Waals surface area contributed by atoms with E-state index in [-0.39, 0.29) is 5.91 Å². The van der Waals surface area contributed by atoms with Crippen molar-refractivity contribution in [3.8, 4) is 0 Å². The van der Waals surface area contributed by atoms with Gasteiger partial charge in [-0.15, -0.1) is 0 Å². The van der Waals surface area contributed by atoms with Gasteiger partial charge in [-0.2, -0.15) is 0 Å². The highest BCUT2D eigenvalue weighted by molar-refractivity contribution is 5.97. The van der Waals surface area contributed by atoms with E-state index in [1.54, 1.807) is 0 Å². The number of rotatable bonds is 4. The van der Waals surface area contributed by atoms with Crippen LogP contribution in [0, 0.1) is 0 Å². The lowest BCUT2D eigenvalue weighted by molar-refractivity contribution is 0.0992. The molecule has 20 heavy (non-hydrogen) atoms. The van der Waals surface area contributed by atoms with Crippen LogP contribution in [0.3, 0.4) is 0 Å². The summed E-state index contributed by atoms with van der Waals surface area (Å²) >= 11 is 0. The Labute approximate surface area is 117 Å². The monoisotopic (exact) mass is 264 g/mol. The van der Waals surface area contributed by atoms with E-state index in [9.17, 15) is 4.79 Å². The van der Waals surface area contributed by atoms with Crippen molar-refractivity contribution in [2.24, 2.45) is 5.73 Å². The minimum absolute atomic E-state index is 0.380. The number of aryl methyl sites for hydroxylation is 2. The zero-order valence-corrected chi connectivity index (χ0v) is 11.1. The van der Waals surface area contributed by atoms with Gasteiger partial charge in [0.05, 0.1) is 0 Å².